The van der Waals surface area contributed by atoms with Crippen LogP contribution < -0.4 is 0 Å². The third kappa shape index (κ3) is 1.36. The van der Waals surface area contributed by atoms with E-state index in [1.54, 1.807) is 13.8 Å². The Bertz CT molecular complexity index is 321. The van der Waals surface area contributed by atoms with Crippen molar-refractivity contribution in [2.75, 3.05) is 0 Å². The molecule has 2 aliphatic rings. The van der Waals surface area contributed by atoms with Crippen molar-refractivity contribution in [1.82, 2.24) is 0 Å². The van der Waals surface area contributed by atoms with Crippen molar-refractivity contribution in [3.05, 3.63) is 12.2 Å². The lowest BCUT2D eigenvalue weighted by Gasteiger charge is -2.29. The Kier molecular flexibility index (Phi) is 2.26. The van der Waals surface area contributed by atoms with Gasteiger partial charge in [-0.15, -0.1) is 0 Å². The number of carbonyl (C=O) groups is 1. The summed E-state index contributed by atoms with van der Waals surface area (Å²) in [4.78, 5) is 11.8. The van der Waals surface area contributed by atoms with Gasteiger partial charge in [-0.3, -0.25) is 4.79 Å². The van der Waals surface area contributed by atoms with Crippen molar-refractivity contribution >= 4 is 5.78 Å². The van der Waals surface area contributed by atoms with Gasteiger partial charge >= 0.3 is 0 Å². The van der Waals surface area contributed by atoms with Crippen LogP contribution in [0.2, 0.25) is 0 Å². The zero-order chi connectivity index (χ0) is 11.3. The molecule has 4 heteroatoms. The van der Waals surface area contributed by atoms with Gasteiger partial charge in [-0.25, -0.2) is 0 Å². The van der Waals surface area contributed by atoms with Crippen molar-refractivity contribution in [3.63, 3.8) is 0 Å². The molecule has 0 bridgehead atoms. The smallest absolute Gasteiger partial charge is 0.193 e. The maximum absolute atomic E-state index is 11.8. The minimum atomic E-state index is -1.21. The molecular formula is C11H16O4. The molecule has 1 heterocycles. The van der Waals surface area contributed by atoms with Crippen molar-refractivity contribution in [3.8, 4) is 0 Å². The van der Waals surface area contributed by atoms with Gasteiger partial charge in [0.2, 0.25) is 0 Å². The molecule has 4 nitrogen and oxygen atoms in total. The molecule has 0 amide bonds. The highest BCUT2D eigenvalue weighted by molar-refractivity contribution is 6.01. The van der Waals surface area contributed by atoms with Gasteiger partial charge in [0.1, 0.15) is 12.2 Å². The monoisotopic (exact) mass is 212 g/mol. The molecule has 15 heavy (non-hydrogen) atoms. The van der Waals surface area contributed by atoms with Crippen LogP contribution in [0.5, 0.6) is 0 Å². The Hall–Kier alpha value is -0.710. The van der Waals surface area contributed by atoms with Crippen LogP contribution in [0.15, 0.2) is 12.2 Å². The van der Waals surface area contributed by atoms with Crippen LogP contribution >= 0.6 is 0 Å². The summed E-state index contributed by atoms with van der Waals surface area (Å²) in [5, 5.41) is 9.87. The molecule has 0 aromatic heterocycles. The number of hydrogen-bond acceptors (Lipinski definition) is 4. The summed E-state index contributed by atoms with van der Waals surface area (Å²) in [6.45, 7) is 5.42. The van der Waals surface area contributed by atoms with E-state index >= 15 is 0 Å². The summed E-state index contributed by atoms with van der Waals surface area (Å²) in [5.74, 6) is -1.02. The number of carbonyl (C=O) groups excluding carboxylic acids is 1. The Morgan fingerprint density at radius 1 is 1.53 bits per heavy atom. The highest BCUT2D eigenvalue weighted by Gasteiger charge is 2.61. The van der Waals surface area contributed by atoms with Gasteiger partial charge in [-0.05, 0) is 32.4 Å². The van der Waals surface area contributed by atoms with Crippen LogP contribution in [-0.4, -0.2) is 34.5 Å². The van der Waals surface area contributed by atoms with Gasteiger partial charge in [0.05, 0.1) is 0 Å². The second-order valence-electron chi connectivity index (χ2n) is 4.48. The molecule has 0 radical (unpaired) electrons. The number of rotatable bonds is 1. The SMILES string of the molecule is CCC1OC(C)(C)OC12C(=O)C=CC2O. The number of ketones is 1. The number of aliphatic hydroxyl groups is 1. The molecule has 1 N–H and O–H groups in total. The van der Waals surface area contributed by atoms with Crippen LogP contribution in [-0.2, 0) is 14.3 Å². The predicted molar refractivity (Wildman–Crippen MR) is 53.2 cm³/mol. The first-order chi connectivity index (χ1) is 6.92. The third-order valence-electron chi connectivity index (χ3n) is 2.94. The number of ether oxygens (including phenoxy) is 2. The van der Waals surface area contributed by atoms with Crippen molar-refractivity contribution in [1.29, 1.82) is 0 Å². The van der Waals surface area contributed by atoms with E-state index in [4.69, 9.17) is 9.47 Å². The summed E-state index contributed by atoms with van der Waals surface area (Å²) in [6, 6.07) is 0. The molecule has 84 valence electrons. The first-order valence-electron chi connectivity index (χ1n) is 5.21. The predicted octanol–water partition coefficient (Wildman–Crippen LogP) is 0.786. The average molecular weight is 212 g/mol. The van der Waals surface area contributed by atoms with E-state index in [2.05, 4.69) is 0 Å². The molecule has 2 rings (SSSR count). The fourth-order valence-corrected chi connectivity index (χ4v) is 2.37. The molecule has 0 saturated carbocycles. The van der Waals surface area contributed by atoms with Crippen molar-refractivity contribution in [2.24, 2.45) is 0 Å². The number of hydrogen-bond donors (Lipinski definition) is 1. The zero-order valence-corrected chi connectivity index (χ0v) is 9.19. The Balaban J connectivity index is 2.38. The van der Waals surface area contributed by atoms with Gasteiger partial charge in [-0.2, -0.15) is 0 Å². The van der Waals surface area contributed by atoms with Gasteiger partial charge in [0.25, 0.3) is 0 Å². The van der Waals surface area contributed by atoms with Gasteiger partial charge in [-0.1, -0.05) is 6.92 Å². The van der Waals surface area contributed by atoms with E-state index in [0.717, 1.165) is 0 Å². The fraction of sp³-hybridized carbons (Fsp3) is 0.727. The Morgan fingerprint density at radius 2 is 2.20 bits per heavy atom. The maximum atomic E-state index is 11.8. The molecule has 3 atom stereocenters. The molecule has 1 spiro atoms. The lowest BCUT2D eigenvalue weighted by molar-refractivity contribution is -0.180. The quantitative estimate of drug-likeness (QED) is 0.698. The number of aliphatic hydroxyl groups excluding tert-OH is 1. The molecule has 0 aromatic carbocycles. The fourth-order valence-electron chi connectivity index (χ4n) is 2.37. The van der Waals surface area contributed by atoms with E-state index < -0.39 is 17.5 Å². The van der Waals surface area contributed by atoms with E-state index in [1.165, 1.54) is 12.2 Å². The van der Waals surface area contributed by atoms with Gasteiger partial charge < -0.3 is 14.6 Å². The maximum Gasteiger partial charge on any atom is 0.193 e. The molecule has 1 aliphatic carbocycles. The Labute approximate surface area is 88.9 Å². The van der Waals surface area contributed by atoms with Crippen LogP contribution in [0.1, 0.15) is 27.2 Å². The minimum Gasteiger partial charge on any atom is -0.385 e. The summed E-state index contributed by atoms with van der Waals surface area (Å²) < 4.78 is 11.3. The molecule has 1 fully saturated rings. The minimum absolute atomic E-state index is 0.201. The second kappa shape index (κ2) is 3.14. The van der Waals surface area contributed by atoms with Crippen molar-refractivity contribution in [2.45, 2.75) is 50.8 Å². The highest BCUT2D eigenvalue weighted by atomic mass is 16.8. The molecule has 1 saturated heterocycles. The van der Waals surface area contributed by atoms with E-state index in [9.17, 15) is 9.90 Å². The molecule has 1 aliphatic heterocycles. The summed E-state index contributed by atoms with van der Waals surface area (Å²) >= 11 is 0. The van der Waals surface area contributed by atoms with Gasteiger partial charge in [0, 0.05) is 0 Å². The Morgan fingerprint density at radius 3 is 2.67 bits per heavy atom. The van der Waals surface area contributed by atoms with Gasteiger partial charge in [0.15, 0.2) is 17.2 Å². The second-order valence-corrected chi connectivity index (χ2v) is 4.48. The van der Waals surface area contributed by atoms with E-state index in [0.29, 0.717) is 6.42 Å². The van der Waals surface area contributed by atoms with Crippen LogP contribution in [0.25, 0.3) is 0 Å². The van der Waals surface area contributed by atoms with Crippen molar-refractivity contribution < 1.29 is 19.4 Å². The van der Waals surface area contributed by atoms with Crippen LogP contribution in [0, 0.1) is 0 Å². The van der Waals surface area contributed by atoms with E-state index in [-0.39, 0.29) is 11.9 Å². The summed E-state index contributed by atoms with van der Waals surface area (Å²) in [6.07, 6.45) is 2.18. The van der Waals surface area contributed by atoms with E-state index in [1.807, 2.05) is 6.92 Å². The average Bonchev–Trinajstić information content (AvgIpc) is 2.59. The zero-order valence-electron chi connectivity index (χ0n) is 9.19. The molecule has 0 aromatic rings. The highest BCUT2D eigenvalue weighted by Crippen LogP contribution is 2.43. The standard InChI is InChI=1S/C11H16O4/c1-4-9-11(15-10(2,3)14-9)7(12)5-6-8(11)13/h5-7,9,12H,4H2,1-3H3. The first kappa shape index (κ1) is 10.8. The summed E-state index contributed by atoms with van der Waals surface area (Å²) in [7, 11) is 0. The lowest BCUT2D eigenvalue weighted by Crippen LogP contribution is -2.52. The molecule has 3 unspecified atom stereocenters. The normalized spacial score (nSPS) is 43.1. The third-order valence-corrected chi connectivity index (χ3v) is 2.94. The first-order valence-corrected chi connectivity index (χ1v) is 5.21. The topological polar surface area (TPSA) is 55.8 Å². The van der Waals surface area contributed by atoms with Crippen LogP contribution in [0.3, 0.4) is 0 Å². The molecular weight excluding hydrogens is 196 g/mol. The largest absolute Gasteiger partial charge is 0.385 e. The lowest BCUT2D eigenvalue weighted by atomic mass is 9.89. The van der Waals surface area contributed by atoms with Crippen LogP contribution in [0.4, 0.5) is 0 Å². The summed E-state index contributed by atoms with van der Waals surface area (Å²) in [5.41, 5.74) is -1.21.